The van der Waals surface area contributed by atoms with E-state index >= 15 is 0 Å². The van der Waals surface area contributed by atoms with E-state index in [1.807, 2.05) is 61.0 Å². The summed E-state index contributed by atoms with van der Waals surface area (Å²) in [5.41, 5.74) is 7.56. The lowest BCUT2D eigenvalue weighted by Gasteiger charge is -2.69. The van der Waals surface area contributed by atoms with Crippen molar-refractivity contribution >= 4 is 40.3 Å². The molecule has 4 heterocycles. The number of β-amino-alcohol motifs (C(OH)–C–C–N with tert-alkyl or cyclic N) is 1. The standard InChI is InChI=1S/C41H40ClN7O5/c1-23-27(5-3-6-28(23)38-46-31-14-24(13-25(15-43)35(31)54-38)16-48-11-9-26(50)17-48)29-7-4-8-30(34(29)42)45-37(51)36-44-32-18-49(12-10-33(32)47(36)2)22-40-19-41(20-40,21-40)39(52)53/h3-8,13-14,26,50H,9-12,16-22H2,1-2H3,(H,45,51)(H,52,53)/t26-,40?,41?/m1/s1. The summed E-state index contributed by atoms with van der Waals surface area (Å²) in [6.45, 7) is 6.33. The second kappa shape index (κ2) is 12.8. The quantitative estimate of drug-likeness (QED) is 0.159. The van der Waals surface area contributed by atoms with Crippen LogP contribution in [0, 0.1) is 29.1 Å². The normalized spacial score (nSPS) is 23.4. The van der Waals surface area contributed by atoms with Crippen LogP contribution in [0.4, 0.5) is 5.69 Å². The number of amides is 1. The number of hydrogen-bond donors (Lipinski definition) is 3. The molecule has 0 spiro atoms. The smallest absolute Gasteiger partial charge is 0.309 e. The first-order valence-electron chi connectivity index (χ1n) is 18.4. The number of carboxylic acid groups (broad SMARTS) is 1. The molecule has 0 radical (unpaired) electrons. The van der Waals surface area contributed by atoms with Gasteiger partial charge in [-0.2, -0.15) is 5.26 Å². The summed E-state index contributed by atoms with van der Waals surface area (Å²) in [5, 5.41) is 32.8. The summed E-state index contributed by atoms with van der Waals surface area (Å²) in [6.07, 6.45) is 3.44. The van der Waals surface area contributed by atoms with Crippen molar-refractivity contribution in [3.63, 3.8) is 0 Å². The Bertz CT molecular complexity index is 2410. The number of carbonyl (C=O) groups is 2. The van der Waals surface area contributed by atoms with Gasteiger partial charge in [0, 0.05) is 69.6 Å². The van der Waals surface area contributed by atoms with Crippen molar-refractivity contribution in [2.45, 2.75) is 58.2 Å². The van der Waals surface area contributed by atoms with E-state index in [0.717, 1.165) is 90.9 Å². The lowest BCUT2D eigenvalue weighted by atomic mass is 9.35. The van der Waals surface area contributed by atoms with Crippen molar-refractivity contribution in [3.05, 3.63) is 87.5 Å². The van der Waals surface area contributed by atoms with Gasteiger partial charge >= 0.3 is 5.97 Å². The molecule has 1 saturated heterocycles. The lowest BCUT2D eigenvalue weighted by molar-refractivity contribution is -0.228. The second-order valence-electron chi connectivity index (χ2n) is 15.9. The first-order chi connectivity index (χ1) is 25.9. The molecule has 1 atom stereocenters. The zero-order chi connectivity index (χ0) is 37.5. The number of anilines is 1. The summed E-state index contributed by atoms with van der Waals surface area (Å²) in [4.78, 5) is 39.4. The highest BCUT2D eigenvalue weighted by atomic mass is 35.5. The van der Waals surface area contributed by atoms with Crippen LogP contribution >= 0.6 is 11.6 Å². The third-order valence-corrected chi connectivity index (χ3v) is 12.5. The summed E-state index contributed by atoms with van der Waals surface area (Å²) >= 11 is 7.04. The molecule has 3 aromatic carbocycles. The SMILES string of the molecule is Cc1c(-c2nc3cc(CN4CC[C@@H](O)C4)cc(C#N)c3o2)cccc1-c1cccc(NC(=O)c2nc3c(n2C)CCN(CC24CC(C(=O)O)(C2)C4)C3)c1Cl. The second-order valence-corrected chi connectivity index (χ2v) is 16.2. The molecule has 5 aliphatic rings. The van der Waals surface area contributed by atoms with Gasteiger partial charge < -0.3 is 24.5 Å². The molecule has 12 nitrogen and oxygen atoms in total. The minimum atomic E-state index is -0.665. The third kappa shape index (κ3) is 5.69. The Morgan fingerprint density at radius 3 is 2.57 bits per heavy atom. The number of benzene rings is 3. The van der Waals surface area contributed by atoms with Gasteiger partial charge in [-0.25, -0.2) is 9.97 Å². The number of carboxylic acids is 1. The zero-order valence-electron chi connectivity index (χ0n) is 30.2. The van der Waals surface area contributed by atoms with E-state index in [0.29, 0.717) is 58.7 Å². The van der Waals surface area contributed by atoms with Crippen LogP contribution in [-0.2, 0) is 31.4 Å². The Morgan fingerprint density at radius 2 is 1.83 bits per heavy atom. The number of oxazole rings is 1. The van der Waals surface area contributed by atoms with E-state index in [1.54, 1.807) is 6.07 Å². The van der Waals surface area contributed by atoms with Gasteiger partial charge in [0.2, 0.25) is 5.89 Å². The number of nitriles is 1. The number of halogens is 1. The lowest BCUT2D eigenvalue weighted by Crippen LogP contribution is -2.68. The molecule has 1 amide bonds. The van der Waals surface area contributed by atoms with E-state index in [9.17, 15) is 25.1 Å². The molecule has 2 aliphatic heterocycles. The van der Waals surface area contributed by atoms with Crippen LogP contribution in [-0.4, -0.2) is 78.7 Å². The van der Waals surface area contributed by atoms with Gasteiger partial charge in [-0.15, -0.1) is 0 Å². The number of aromatic nitrogens is 3. The molecular formula is C41H40ClN7O5. The molecule has 4 fully saturated rings. The number of imidazole rings is 1. The number of hydrogen-bond acceptors (Lipinski definition) is 9. The first-order valence-corrected chi connectivity index (χ1v) is 18.8. The van der Waals surface area contributed by atoms with Gasteiger partial charge in [-0.3, -0.25) is 19.4 Å². The van der Waals surface area contributed by atoms with Gasteiger partial charge in [0.05, 0.1) is 33.5 Å². The predicted octanol–water partition coefficient (Wildman–Crippen LogP) is 6.16. The van der Waals surface area contributed by atoms with Gasteiger partial charge in [0.25, 0.3) is 5.91 Å². The molecule has 2 aromatic heterocycles. The average Bonchev–Trinajstić information content (AvgIpc) is 3.82. The number of nitrogens with zero attached hydrogens (tertiary/aromatic N) is 6. The highest BCUT2D eigenvalue weighted by molar-refractivity contribution is 6.36. The minimum absolute atomic E-state index is 0.109. The number of aliphatic hydroxyl groups excluding tert-OH is 1. The fourth-order valence-corrected chi connectivity index (χ4v) is 9.83. The maximum atomic E-state index is 13.7. The van der Waals surface area contributed by atoms with Crippen LogP contribution in [0.2, 0.25) is 5.02 Å². The molecular weight excluding hydrogens is 706 g/mol. The van der Waals surface area contributed by atoms with Crippen LogP contribution in [0.5, 0.6) is 0 Å². The Balaban J connectivity index is 0.936. The molecule has 5 aromatic rings. The monoisotopic (exact) mass is 745 g/mol. The number of carbonyl (C=O) groups excluding carboxylic acids is 1. The fraction of sp³-hybridized carbons (Fsp3) is 0.390. The van der Waals surface area contributed by atoms with Crippen LogP contribution in [0.1, 0.15) is 64.4 Å². The van der Waals surface area contributed by atoms with Crippen molar-refractivity contribution in [1.29, 1.82) is 5.26 Å². The predicted molar refractivity (Wildman–Crippen MR) is 202 cm³/mol. The number of aliphatic hydroxyl groups is 1. The number of aliphatic carboxylic acids is 1. The fourth-order valence-electron chi connectivity index (χ4n) is 9.56. The average molecular weight is 746 g/mol. The molecule has 2 bridgehead atoms. The van der Waals surface area contributed by atoms with Crippen LogP contribution in [0.15, 0.2) is 52.9 Å². The summed E-state index contributed by atoms with van der Waals surface area (Å²) < 4.78 is 8.10. The topological polar surface area (TPSA) is 161 Å². The van der Waals surface area contributed by atoms with Crippen molar-refractivity contribution in [3.8, 4) is 28.7 Å². The van der Waals surface area contributed by atoms with Gasteiger partial charge in [-0.1, -0.05) is 35.9 Å². The highest BCUT2D eigenvalue weighted by Crippen LogP contribution is 2.73. The summed E-state index contributed by atoms with van der Waals surface area (Å²) in [6, 6.07) is 17.4. The molecule has 276 valence electrons. The number of fused-ring (bicyclic) bond motifs is 2. The highest BCUT2D eigenvalue weighted by Gasteiger charge is 2.71. The maximum Gasteiger partial charge on any atom is 0.309 e. The largest absolute Gasteiger partial charge is 0.481 e. The summed E-state index contributed by atoms with van der Waals surface area (Å²) in [5.74, 6) is -0.320. The number of rotatable bonds is 9. The zero-order valence-corrected chi connectivity index (χ0v) is 30.9. The molecule has 10 rings (SSSR count). The Hall–Kier alpha value is -5.06. The van der Waals surface area contributed by atoms with Gasteiger partial charge in [-0.05, 0) is 79.0 Å². The Kier molecular flexibility index (Phi) is 8.21. The minimum Gasteiger partial charge on any atom is -0.481 e. The van der Waals surface area contributed by atoms with E-state index in [4.69, 9.17) is 26.0 Å². The molecule has 3 N–H and O–H groups in total. The van der Waals surface area contributed by atoms with E-state index < -0.39 is 11.4 Å². The van der Waals surface area contributed by atoms with E-state index in [-0.39, 0.29) is 17.4 Å². The number of likely N-dealkylation sites (tertiary alicyclic amines) is 1. The van der Waals surface area contributed by atoms with Crippen molar-refractivity contribution < 1.29 is 24.2 Å². The molecule has 3 aliphatic carbocycles. The van der Waals surface area contributed by atoms with Gasteiger partial charge in [0.1, 0.15) is 11.6 Å². The molecule has 3 saturated carbocycles. The Labute approximate surface area is 317 Å². The van der Waals surface area contributed by atoms with Crippen molar-refractivity contribution in [2.24, 2.45) is 17.9 Å². The number of nitrogens with one attached hydrogen (secondary N) is 1. The van der Waals surface area contributed by atoms with Crippen LogP contribution in [0.3, 0.4) is 0 Å². The van der Waals surface area contributed by atoms with Crippen LogP contribution < -0.4 is 5.32 Å². The van der Waals surface area contributed by atoms with E-state index in [2.05, 4.69) is 21.2 Å². The van der Waals surface area contributed by atoms with Crippen molar-refractivity contribution in [1.82, 2.24) is 24.3 Å². The van der Waals surface area contributed by atoms with Crippen LogP contribution in [0.25, 0.3) is 33.7 Å². The Morgan fingerprint density at radius 1 is 1.07 bits per heavy atom. The van der Waals surface area contributed by atoms with Crippen molar-refractivity contribution in [2.75, 3.05) is 31.5 Å². The maximum absolute atomic E-state index is 13.7. The van der Waals surface area contributed by atoms with Gasteiger partial charge in [0.15, 0.2) is 11.4 Å². The summed E-state index contributed by atoms with van der Waals surface area (Å²) in [7, 11) is 1.87. The first kappa shape index (κ1) is 34.7. The molecule has 54 heavy (non-hydrogen) atoms. The third-order valence-electron chi connectivity index (χ3n) is 12.1. The molecule has 0 unspecified atom stereocenters. The molecule has 13 heteroatoms. The van der Waals surface area contributed by atoms with E-state index in [1.165, 1.54) is 0 Å².